The second-order valence-electron chi connectivity index (χ2n) is 3.63. The predicted molar refractivity (Wildman–Crippen MR) is 70.0 cm³/mol. The summed E-state index contributed by atoms with van der Waals surface area (Å²) in [5.74, 6) is 0.804. The van der Waals surface area contributed by atoms with E-state index < -0.39 is 9.84 Å². The summed E-state index contributed by atoms with van der Waals surface area (Å²) in [6.45, 7) is 0.273. The Morgan fingerprint density at radius 1 is 1.47 bits per heavy atom. The van der Waals surface area contributed by atoms with E-state index in [0.29, 0.717) is 11.8 Å². The Labute approximate surface area is 103 Å². The third-order valence-electron chi connectivity index (χ3n) is 2.11. The first-order chi connectivity index (χ1) is 7.96. The number of aromatic nitrogens is 2. The zero-order valence-corrected chi connectivity index (χ0v) is 10.8. The standard InChI is InChI=1S/C9H12N4O2S2/c1-17(14,15)5-3-11-9-12-7(10)6-2-4-16-8(6)13-9/h2,4H,3,5H2,1H3,(H3,10,11,12,13). The van der Waals surface area contributed by atoms with Gasteiger partial charge >= 0.3 is 0 Å². The minimum absolute atomic E-state index is 0.0404. The minimum Gasteiger partial charge on any atom is -0.383 e. The number of hydrogen-bond acceptors (Lipinski definition) is 7. The molecule has 2 aromatic rings. The van der Waals surface area contributed by atoms with Gasteiger partial charge in [-0.1, -0.05) is 0 Å². The van der Waals surface area contributed by atoms with Crippen molar-refractivity contribution in [3.8, 4) is 0 Å². The number of fused-ring (bicyclic) bond motifs is 1. The number of nitrogens with one attached hydrogen (secondary N) is 1. The molecule has 0 spiro atoms. The van der Waals surface area contributed by atoms with Gasteiger partial charge in [-0.25, -0.2) is 13.4 Å². The summed E-state index contributed by atoms with van der Waals surface area (Å²) >= 11 is 1.47. The molecule has 0 aliphatic heterocycles. The van der Waals surface area contributed by atoms with Gasteiger partial charge in [0.2, 0.25) is 5.95 Å². The Hall–Kier alpha value is -1.41. The summed E-state index contributed by atoms with van der Waals surface area (Å²) in [4.78, 5) is 9.09. The fraction of sp³-hybridized carbons (Fsp3) is 0.333. The second kappa shape index (κ2) is 4.46. The molecule has 8 heteroatoms. The van der Waals surface area contributed by atoms with Crippen molar-refractivity contribution in [1.29, 1.82) is 0 Å². The Morgan fingerprint density at radius 2 is 2.24 bits per heavy atom. The number of thiophene rings is 1. The molecule has 0 saturated carbocycles. The van der Waals surface area contributed by atoms with Crippen LogP contribution in [-0.2, 0) is 9.84 Å². The first kappa shape index (κ1) is 12.1. The average Bonchev–Trinajstić information content (AvgIpc) is 2.64. The summed E-state index contributed by atoms with van der Waals surface area (Å²) in [7, 11) is -2.98. The number of sulfone groups is 1. The first-order valence-electron chi connectivity index (χ1n) is 4.88. The fourth-order valence-electron chi connectivity index (χ4n) is 1.31. The van der Waals surface area contributed by atoms with Crippen molar-refractivity contribution in [2.75, 3.05) is 29.6 Å². The Bertz CT molecular complexity index is 635. The highest BCUT2D eigenvalue weighted by molar-refractivity contribution is 7.90. The van der Waals surface area contributed by atoms with Gasteiger partial charge in [0.05, 0.1) is 11.1 Å². The monoisotopic (exact) mass is 272 g/mol. The largest absolute Gasteiger partial charge is 0.383 e. The first-order valence-corrected chi connectivity index (χ1v) is 7.82. The Morgan fingerprint density at radius 3 is 2.94 bits per heavy atom. The van der Waals surface area contributed by atoms with Crippen molar-refractivity contribution in [3.05, 3.63) is 11.4 Å². The van der Waals surface area contributed by atoms with Crippen LogP contribution in [0.1, 0.15) is 0 Å². The lowest BCUT2D eigenvalue weighted by atomic mass is 10.4. The fourth-order valence-corrected chi connectivity index (χ4v) is 2.55. The highest BCUT2D eigenvalue weighted by Gasteiger charge is 2.07. The molecule has 0 unspecified atom stereocenters. The van der Waals surface area contributed by atoms with E-state index in [2.05, 4.69) is 15.3 Å². The van der Waals surface area contributed by atoms with E-state index in [-0.39, 0.29) is 12.3 Å². The van der Waals surface area contributed by atoms with Gasteiger partial charge in [-0.05, 0) is 11.4 Å². The molecule has 17 heavy (non-hydrogen) atoms. The van der Waals surface area contributed by atoms with Crippen LogP contribution < -0.4 is 11.1 Å². The molecule has 6 nitrogen and oxygen atoms in total. The summed E-state index contributed by atoms with van der Waals surface area (Å²) in [6, 6.07) is 1.86. The molecular formula is C9H12N4O2S2. The van der Waals surface area contributed by atoms with Crippen LogP contribution in [0, 0.1) is 0 Å². The van der Waals surface area contributed by atoms with E-state index in [1.807, 2.05) is 11.4 Å². The molecule has 0 aromatic carbocycles. The molecule has 0 aliphatic carbocycles. The molecule has 2 aromatic heterocycles. The smallest absolute Gasteiger partial charge is 0.226 e. The molecule has 0 aliphatic rings. The molecule has 0 radical (unpaired) electrons. The quantitative estimate of drug-likeness (QED) is 0.851. The van der Waals surface area contributed by atoms with E-state index in [0.717, 1.165) is 10.2 Å². The van der Waals surface area contributed by atoms with Crippen LogP contribution in [-0.4, -0.2) is 36.9 Å². The molecule has 0 fully saturated rings. The van der Waals surface area contributed by atoms with E-state index in [1.165, 1.54) is 17.6 Å². The summed E-state index contributed by atoms with van der Waals surface area (Å²) in [5.41, 5.74) is 5.76. The van der Waals surface area contributed by atoms with Gasteiger partial charge in [0.15, 0.2) is 0 Å². The van der Waals surface area contributed by atoms with Gasteiger partial charge in [-0.15, -0.1) is 11.3 Å². The highest BCUT2D eigenvalue weighted by atomic mass is 32.2. The molecular weight excluding hydrogens is 260 g/mol. The zero-order valence-electron chi connectivity index (χ0n) is 9.17. The van der Waals surface area contributed by atoms with Crippen molar-refractivity contribution in [2.45, 2.75) is 0 Å². The van der Waals surface area contributed by atoms with Crippen LogP contribution in [0.3, 0.4) is 0 Å². The minimum atomic E-state index is -2.98. The molecule has 2 rings (SSSR count). The number of hydrogen-bond donors (Lipinski definition) is 2. The molecule has 2 heterocycles. The number of nitrogens with two attached hydrogens (primary N) is 1. The Kier molecular flexibility index (Phi) is 3.16. The maximum Gasteiger partial charge on any atom is 0.226 e. The van der Waals surface area contributed by atoms with Crippen molar-refractivity contribution in [1.82, 2.24) is 9.97 Å². The van der Waals surface area contributed by atoms with E-state index >= 15 is 0 Å². The lowest BCUT2D eigenvalue weighted by Gasteiger charge is -2.04. The van der Waals surface area contributed by atoms with Gasteiger partial charge in [0.25, 0.3) is 0 Å². The van der Waals surface area contributed by atoms with E-state index in [1.54, 1.807) is 0 Å². The van der Waals surface area contributed by atoms with Gasteiger partial charge in [0.1, 0.15) is 20.5 Å². The van der Waals surface area contributed by atoms with Crippen LogP contribution in [0.5, 0.6) is 0 Å². The van der Waals surface area contributed by atoms with Crippen molar-refractivity contribution in [2.24, 2.45) is 0 Å². The SMILES string of the molecule is CS(=O)(=O)CCNc1nc(N)c2ccsc2n1. The average molecular weight is 272 g/mol. The van der Waals surface area contributed by atoms with Gasteiger partial charge in [-0.2, -0.15) is 4.98 Å². The van der Waals surface area contributed by atoms with Gasteiger partial charge < -0.3 is 11.1 Å². The molecule has 92 valence electrons. The summed E-state index contributed by atoms with van der Waals surface area (Å²) < 4.78 is 21.9. The van der Waals surface area contributed by atoms with Crippen LogP contribution in [0.4, 0.5) is 11.8 Å². The highest BCUT2D eigenvalue weighted by Crippen LogP contribution is 2.23. The van der Waals surface area contributed by atoms with E-state index in [4.69, 9.17) is 5.73 Å². The van der Waals surface area contributed by atoms with Crippen LogP contribution in [0.15, 0.2) is 11.4 Å². The van der Waals surface area contributed by atoms with Crippen LogP contribution in [0.25, 0.3) is 10.2 Å². The molecule has 0 atom stereocenters. The lowest BCUT2D eigenvalue weighted by Crippen LogP contribution is -2.15. The van der Waals surface area contributed by atoms with Gasteiger partial charge in [-0.3, -0.25) is 0 Å². The maximum absolute atomic E-state index is 11.0. The van der Waals surface area contributed by atoms with Crippen molar-refractivity contribution in [3.63, 3.8) is 0 Å². The third kappa shape index (κ3) is 3.04. The number of nitrogen functional groups attached to an aromatic ring is 1. The molecule has 0 bridgehead atoms. The maximum atomic E-state index is 11.0. The number of nitrogens with zero attached hydrogens (tertiary/aromatic N) is 2. The number of rotatable bonds is 4. The Balaban J connectivity index is 2.14. The number of anilines is 2. The normalized spacial score (nSPS) is 11.8. The predicted octanol–water partition coefficient (Wildman–Crippen LogP) is 0.730. The topological polar surface area (TPSA) is 98.0 Å². The van der Waals surface area contributed by atoms with Crippen LogP contribution >= 0.6 is 11.3 Å². The molecule has 3 N–H and O–H groups in total. The van der Waals surface area contributed by atoms with Crippen molar-refractivity contribution >= 4 is 43.2 Å². The molecule has 0 amide bonds. The summed E-state index contributed by atoms with van der Waals surface area (Å²) in [6.07, 6.45) is 1.19. The van der Waals surface area contributed by atoms with Crippen molar-refractivity contribution < 1.29 is 8.42 Å². The summed E-state index contributed by atoms with van der Waals surface area (Å²) in [5, 5.41) is 5.56. The van der Waals surface area contributed by atoms with Gasteiger partial charge in [0, 0.05) is 12.8 Å². The second-order valence-corrected chi connectivity index (χ2v) is 6.78. The molecule has 0 saturated heterocycles. The van der Waals surface area contributed by atoms with Crippen LogP contribution in [0.2, 0.25) is 0 Å². The van der Waals surface area contributed by atoms with E-state index in [9.17, 15) is 8.42 Å². The zero-order chi connectivity index (χ0) is 12.5. The lowest BCUT2D eigenvalue weighted by molar-refractivity contribution is 0.602. The third-order valence-corrected chi connectivity index (χ3v) is 3.86.